The lowest BCUT2D eigenvalue weighted by Crippen LogP contribution is -2.49. The number of carbonyl (C=O) groups is 18. The molecule has 105 heavy (non-hydrogen) atoms. The van der Waals surface area contributed by atoms with E-state index < -0.39 is 239 Å². The smallest absolute Gasteiger partial charge is 0.340 e. The van der Waals surface area contributed by atoms with Crippen molar-refractivity contribution in [1.82, 2.24) is 0 Å². The number of phenolic OH excluding ortho intramolecular Hbond substituents is 2. The molecule has 0 aliphatic carbocycles. The number of carboxylic acid groups (broad SMARTS) is 15. The number of carbonyl (C=O) groups excluding carboxylic acids is 3. The zero-order valence-electron chi connectivity index (χ0n) is 52.1. The quantitative estimate of drug-likeness (QED) is 0.0258. The Bertz CT molecular complexity index is 3450. The van der Waals surface area contributed by atoms with Crippen molar-refractivity contribution in [1.29, 1.82) is 0 Å². The fourth-order valence-corrected chi connectivity index (χ4v) is 5.98. The third kappa shape index (κ3) is 38.0. The third-order valence-electron chi connectivity index (χ3n) is 11.0. The predicted molar refractivity (Wildman–Crippen MR) is 316 cm³/mol. The molecule has 586 valence electrons. The van der Waals surface area contributed by atoms with Crippen molar-refractivity contribution in [3.63, 3.8) is 0 Å². The molecule has 3 aromatic rings. The Kier molecular flexibility index (Phi) is 47.0. The molecule has 4 unspecified atom stereocenters. The zero-order chi connectivity index (χ0) is 83.8. The molecule has 0 radical (unpaired) electrons. The number of aromatic hydroxyl groups is 3. The van der Waals surface area contributed by atoms with Crippen LogP contribution in [-0.2, 0) is 57.4 Å². The van der Waals surface area contributed by atoms with Crippen LogP contribution in [-0.4, -0.2) is 359 Å². The van der Waals surface area contributed by atoms with Gasteiger partial charge in [0.25, 0.3) is 12.9 Å². The number of aliphatic carboxylic acids is 7. The van der Waals surface area contributed by atoms with E-state index in [0.29, 0.717) is 12.1 Å². The van der Waals surface area contributed by atoms with E-state index in [1.807, 2.05) is 0 Å². The predicted octanol–water partition coefficient (Wildman–Crippen LogP) is -9.31. The largest absolute Gasteiger partial charge is 0.508 e. The second-order valence-electron chi connectivity index (χ2n) is 18.9. The van der Waals surface area contributed by atoms with Crippen molar-refractivity contribution in [2.24, 2.45) is 0 Å². The highest BCUT2D eigenvalue weighted by molar-refractivity contribution is 6.11. The molecule has 0 heterocycles. The molecule has 0 fully saturated rings. The number of ether oxygens (including phenoxy) is 2. The standard InChI is InChI=1S/2C9H6O7.C8H6O5.C7H14O6.C6H10O8.C6H8O7.C5H8O5.C4H6O6/c10-3-1-4(7(11)12)6(9(15)16)5(2-3)8(13)14;10-4-2-1-3(7(11)12)5(8(13)14)6(4)9(15)16;9-6-2-4(7(10)11)1-5(3-6)8(12)13;1-3(9)5(11)7(13)6(12)4(10)2-8;7-1(3(9)5(11)12)2(8)4(10)6(13)14;7-3-13-2-6(12,5(10)11)1-4(8)9;6-3-10-2-4(7)1-5(8)9;5-1(3(7)8)2(6)4(9)10/h2*1-2,10H,(H,11,12)(H,13,14)(H,15,16);1-3,9H,(H,10,11)(H,12,13);4-8,10-13H,2H2,1H3;1-4,7-10H,(H,11,12)(H,13,14);3,12H,1-2H2,(H,8,9)(H,10,11);3-4,7H,1-2H2,(H,8,9);1-2,5-6H,(H,7,8)(H,9,10)/t;;;4-,5+,6-,7-;1-,2+,3+,4-;;;/m...1..../s1. The SMILES string of the molecule is CC(=O)[C@H](O)[C@@H](O)[C@H](O)[C@H](O)CO.O=C(O)C(O)C(O)C(=O)O.O=C(O)[C@@H](O)[C@H](O)[C@H](O)[C@@H](O)C(=O)O.O=C(O)c1cc(O)cc(C(=O)O)c1.O=C(O)c1cc(O)cc(C(=O)O)c1C(=O)O.O=C(O)c1ccc(O)c(C(=O)O)c1C(=O)O.O=COCC(O)(CC(=O)O)C(=O)O.O=COCC(O)CC(=O)O. The van der Waals surface area contributed by atoms with Crippen LogP contribution in [0.3, 0.4) is 0 Å². The summed E-state index contributed by atoms with van der Waals surface area (Å²) in [6.45, 7) is -0.802. The van der Waals surface area contributed by atoms with Gasteiger partial charge in [0.1, 0.15) is 72.6 Å². The minimum atomic E-state index is -2.56. The fraction of sp³-hybridized carbons (Fsp3) is 0.333. The molecule has 12 atom stereocenters. The van der Waals surface area contributed by atoms with Gasteiger partial charge in [-0.05, 0) is 49.4 Å². The Balaban J connectivity index is -0.000000365. The summed E-state index contributed by atoms with van der Waals surface area (Å²) in [6.07, 6.45) is -23.2. The van der Waals surface area contributed by atoms with Crippen LogP contribution in [0.2, 0.25) is 0 Å². The summed E-state index contributed by atoms with van der Waals surface area (Å²) in [4.78, 5) is 185. The number of aromatic carboxylic acids is 8. The molecular formula is C54H64O51. The van der Waals surface area contributed by atoms with Gasteiger partial charge in [0.2, 0.25) is 5.60 Å². The zero-order valence-corrected chi connectivity index (χ0v) is 52.1. The molecule has 0 aromatic heterocycles. The van der Waals surface area contributed by atoms with Gasteiger partial charge in [0, 0.05) is 0 Å². The number of carboxylic acids is 15. The summed E-state index contributed by atoms with van der Waals surface area (Å²) in [7, 11) is 0. The highest BCUT2D eigenvalue weighted by atomic mass is 16.5. The first-order valence-electron chi connectivity index (χ1n) is 26.4. The second-order valence-corrected chi connectivity index (χ2v) is 18.9. The summed E-state index contributed by atoms with van der Waals surface area (Å²) in [6, 6.07) is 5.94. The van der Waals surface area contributed by atoms with Gasteiger partial charge >= 0.3 is 89.5 Å². The van der Waals surface area contributed by atoms with Crippen molar-refractivity contribution in [2.75, 3.05) is 19.8 Å². The summed E-state index contributed by atoms with van der Waals surface area (Å²) in [5, 5.41) is 267. The molecule has 0 spiro atoms. The minimum Gasteiger partial charge on any atom is -0.508 e. The Morgan fingerprint density at radius 2 is 0.762 bits per heavy atom. The van der Waals surface area contributed by atoms with E-state index >= 15 is 0 Å². The van der Waals surface area contributed by atoms with E-state index in [1.54, 1.807) is 0 Å². The van der Waals surface area contributed by atoms with E-state index in [-0.39, 0.29) is 36.4 Å². The van der Waals surface area contributed by atoms with Crippen molar-refractivity contribution < 1.29 is 254 Å². The molecule has 0 bridgehead atoms. The monoisotopic (exact) mass is 1530 g/mol. The number of hydrogen-bond acceptors (Lipinski definition) is 36. The van der Waals surface area contributed by atoms with Gasteiger partial charge in [-0.2, -0.15) is 0 Å². The molecule has 31 N–H and O–H groups in total. The van der Waals surface area contributed by atoms with Crippen molar-refractivity contribution >= 4 is 108 Å². The van der Waals surface area contributed by atoms with E-state index in [4.69, 9.17) is 153 Å². The molecule has 3 aromatic carbocycles. The molecule has 51 heteroatoms. The molecule has 0 saturated carbocycles. The lowest BCUT2D eigenvalue weighted by Gasteiger charge is -2.23. The molecular weight excluding hydrogens is 1460 g/mol. The molecule has 3 rings (SSSR count). The third-order valence-corrected chi connectivity index (χ3v) is 11.0. The van der Waals surface area contributed by atoms with E-state index in [1.165, 1.54) is 0 Å². The van der Waals surface area contributed by atoms with Gasteiger partial charge in [-0.1, -0.05) is 0 Å². The van der Waals surface area contributed by atoms with Crippen LogP contribution in [0.1, 0.15) is 103 Å². The van der Waals surface area contributed by atoms with E-state index in [2.05, 4.69) is 9.47 Å². The van der Waals surface area contributed by atoms with Gasteiger partial charge in [-0.25, -0.2) is 62.3 Å². The Labute approximate surface area is 577 Å². The number of hydrogen-bond donors (Lipinski definition) is 31. The van der Waals surface area contributed by atoms with Crippen molar-refractivity contribution in [2.45, 2.75) is 92.5 Å². The first kappa shape index (κ1) is 101. The Morgan fingerprint density at radius 1 is 0.410 bits per heavy atom. The van der Waals surface area contributed by atoms with Crippen LogP contribution in [0, 0.1) is 0 Å². The molecule has 0 aliphatic rings. The van der Waals surface area contributed by atoms with Crippen LogP contribution in [0.5, 0.6) is 17.2 Å². The number of ketones is 1. The number of benzene rings is 3. The average Bonchev–Trinajstić information content (AvgIpc) is 1.00. The van der Waals surface area contributed by atoms with Crippen LogP contribution < -0.4 is 0 Å². The lowest BCUT2D eigenvalue weighted by molar-refractivity contribution is -0.172. The first-order valence-corrected chi connectivity index (χ1v) is 26.4. The first-order chi connectivity index (χ1) is 47.9. The van der Waals surface area contributed by atoms with Gasteiger partial charge in [-0.3, -0.25) is 24.0 Å². The fourth-order valence-electron chi connectivity index (χ4n) is 5.98. The molecule has 0 aliphatic heterocycles. The summed E-state index contributed by atoms with van der Waals surface area (Å²) in [5.41, 5.74) is -8.05. The summed E-state index contributed by atoms with van der Waals surface area (Å²) < 4.78 is 8.09. The van der Waals surface area contributed by atoms with Crippen molar-refractivity contribution in [3.05, 3.63) is 87.0 Å². The van der Waals surface area contributed by atoms with Gasteiger partial charge < -0.3 is 168 Å². The topological polar surface area (TPSA) is 953 Å². The number of phenols is 3. The van der Waals surface area contributed by atoms with Gasteiger partial charge in [0.05, 0.1) is 64.5 Å². The summed E-state index contributed by atoms with van der Waals surface area (Å²) in [5.74, 6) is -26.6. The maximum absolute atomic E-state index is 10.8. The van der Waals surface area contributed by atoms with Crippen LogP contribution >= 0.6 is 0 Å². The lowest BCUT2D eigenvalue weighted by atomic mass is 10.00. The second kappa shape index (κ2) is 48.9. The van der Waals surface area contributed by atoms with Crippen LogP contribution in [0.15, 0.2) is 42.5 Å². The van der Waals surface area contributed by atoms with E-state index in [0.717, 1.165) is 37.3 Å². The summed E-state index contributed by atoms with van der Waals surface area (Å²) >= 11 is 0. The number of aliphatic hydroxyl groups excluding tert-OH is 12. The number of rotatable bonds is 32. The highest BCUT2D eigenvalue weighted by Gasteiger charge is 2.40. The van der Waals surface area contributed by atoms with Gasteiger partial charge in [0.15, 0.2) is 30.2 Å². The number of Topliss-reactive ketones (excluding diaryl/α,β-unsaturated/α-hetero) is 1. The number of aliphatic hydroxyl groups is 13. The minimum absolute atomic E-state index is 0.0737. The highest BCUT2D eigenvalue weighted by Crippen LogP contribution is 2.26. The van der Waals surface area contributed by atoms with Crippen LogP contribution in [0.4, 0.5) is 0 Å². The van der Waals surface area contributed by atoms with Gasteiger partial charge in [-0.15, -0.1) is 0 Å². The Morgan fingerprint density at radius 3 is 1.04 bits per heavy atom. The average molecular weight is 1530 g/mol. The van der Waals surface area contributed by atoms with E-state index in [9.17, 15) is 91.4 Å². The Hall–Kier alpha value is -12.8. The maximum atomic E-state index is 10.8. The normalized spacial score (nSPS) is 13.7. The molecule has 0 amide bonds. The van der Waals surface area contributed by atoms with Crippen LogP contribution in [0.25, 0.3) is 0 Å². The molecule has 51 nitrogen and oxygen atoms in total. The maximum Gasteiger partial charge on any atom is 0.340 e. The molecule has 0 saturated heterocycles. The van der Waals surface area contributed by atoms with Crippen molar-refractivity contribution in [3.8, 4) is 17.2 Å².